The molecule has 21 heavy (non-hydrogen) atoms. The minimum atomic E-state index is -0.478. The van der Waals surface area contributed by atoms with E-state index in [4.69, 9.17) is 4.42 Å². The fourth-order valence-corrected chi connectivity index (χ4v) is 2.73. The summed E-state index contributed by atoms with van der Waals surface area (Å²) in [6, 6.07) is 3.58. The van der Waals surface area contributed by atoms with Crippen LogP contribution in [-0.4, -0.2) is 49.4 Å². The lowest BCUT2D eigenvalue weighted by Crippen LogP contribution is -2.47. The number of nitrogens with one attached hydrogen (secondary N) is 2. The second kappa shape index (κ2) is 7.95. The molecular formula is C15H23N3O3. The molecular weight excluding hydrogens is 270 g/mol. The Labute approximate surface area is 124 Å². The van der Waals surface area contributed by atoms with E-state index in [1.54, 1.807) is 12.1 Å². The molecule has 0 saturated carbocycles. The van der Waals surface area contributed by atoms with E-state index in [1.165, 1.54) is 12.7 Å². The van der Waals surface area contributed by atoms with Crippen LogP contribution in [-0.2, 0) is 4.79 Å². The van der Waals surface area contributed by atoms with Gasteiger partial charge in [0.2, 0.25) is 5.91 Å². The van der Waals surface area contributed by atoms with Crippen molar-refractivity contribution in [3.63, 3.8) is 0 Å². The molecule has 2 rings (SSSR count). The molecule has 0 aliphatic carbocycles. The Kier molecular flexibility index (Phi) is 5.95. The van der Waals surface area contributed by atoms with Crippen LogP contribution in [0.15, 0.2) is 22.8 Å². The molecule has 1 atom stereocenters. The number of likely N-dealkylation sites (tertiary alicyclic amines) is 1. The van der Waals surface area contributed by atoms with Crippen molar-refractivity contribution in [3.05, 3.63) is 24.2 Å². The summed E-state index contributed by atoms with van der Waals surface area (Å²) in [5.74, 6) is -0.588. The lowest BCUT2D eigenvalue weighted by atomic mass is 9.99. The average molecular weight is 293 g/mol. The van der Waals surface area contributed by atoms with Gasteiger partial charge >= 0.3 is 0 Å². The third kappa shape index (κ3) is 4.68. The molecule has 0 bridgehead atoms. The highest BCUT2D eigenvalue weighted by atomic mass is 16.3. The van der Waals surface area contributed by atoms with Crippen LogP contribution in [0.3, 0.4) is 0 Å². The third-order valence-electron chi connectivity index (χ3n) is 3.82. The first-order valence-corrected chi connectivity index (χ1v) is 7.47. The van der Waals surface area contributed by atoms with Gasteiger partial charge in [-0.15, -0.1) is 0 Å². The maximum atomic E-state index is 12.0. The molecule has 1 aliphatic heterocycles. The Morgan fingerprint density at radius 2 is 2.29 bits per heavy atom. The predicted molar refractivity (Wildman–Crippen MR) is 78.9 cm³/mol. The molecule has 116 valence electrons. The van der Waals surface area contributed by atoms with Crippen molar-refractivity contribution in [2.24, 2.45) is 0 Å². The summed E-state index contributed by atoms with van der Waals surface area (Å²) in [7, 11) is 1.93. The van der Waals surface area contributed by atoms with E-state index >= 15 is 0 Å². The highest BCUT2D eigenvalue weighted by Crippen LogP contribution is 2.18. The largest absolute Gasteiger partial charge is 0.459 e. The highest BCUT2D eigenvalue weighted by Gasteiger charge is 2.24. The zero-order chi connectivity index (χ0) is 15.1. The van der Waals surface area contributed by atoms with Gasteiger partial charge < -0.3 is 9.73 Å². The second-order valence-electron chi connectivity index (χ2n) is 5.37. The van der Waals surface area contributed by atoms with E-state index < -0.39 is 5.91 Å². The Bertz CT molecular complexity index is 459. The van der Waals surface area contributed by atoms with Gasteiger partial charge in [-0.1, -0.05) is 6.42 Å². The summed E-state index contributed by atoms with van der Waals surface area (Å²) in [6.07, 6.45) is 5.86. The molecule has 6 nitrogen and oxygen atoms in total. The Balaban J connectivity index is 1.83. The molecule has 0 aromatic carbocycles. The van der Waals surface area contributed by atoms with Gasteiger partial charge in [0.1, 0.15) is 0 Å². The standard InChI is InChI=1S/C15H23N3O3/c1-16-8-7-12-5-2-3-9-18(12)11-14(19)17-15(20)13-6-4-10-21-13/h4,6,10,12,16H,2-3,5,7-9,11H2,1H3,(H,17,19,20). The topological polar surface area (TPSA) is 74.6 Å². The normalized spacial score (nSPS) is 19.4. The smallest absolute Gasteiger partial charge is 0.293 e. The molecule has 1 fully saturated rings. The minimum Gasteiger partial charge on any atom is -0.459 e. The van der Waals surface area contributed by atoms with Crippen LogP contribution in [0, 0.1) is 0 Å². The van der Waals surface area contributed by atoms with Gasteiger partial charge in [-0.05, 0) is 51.5 Å². The number of carbonyl (C=O) groups excluding carboxylic acids is 2. The number of furan rings is 1. The summed E-state index contributed by atoms with van der Waals surface area (Å²) in [5.41, 5.74) is 0. The van der Waals surface area contributed by atoms with Crippen molar-refractivity contribution >= 4 is 11.8 Å². The van der Waals surface area contributed by atoms with Gasteiger partial charge in [-0.25, -0.2) is 0 Å². The van der Waals surface area contributed by atoms with Crippen LogP contribution < -0.4 is 10.6 Å². The van der Waals surface area contributed by atoms with E-state index in [0.717, 1.165) is 32.4 Å². The quantitative estimate of drug-likeness (QED) is 0.818. The Morgan fingerprint density at radius 3 is 3.00 bits per heavy atom. The monoisotopic (exact) mass is 293 g/mol. The number of piperidine rings is 1. The van der Waals surface area contributed by atoms with Crippen LogP contribution >= 0.6 is 0 Å². The number of amides is 2. The second-order valence-corrected chi connectivity index (χ2v) is 5.37. The maximum absolute atomic E-state index is 12.0. The van der Waals surface area contributed by atoms with Crippen molar-refractivity contribution in [1.29, 1.82) is 0 Å². The SMILES string of the molecule is CNCCC1CCCCN1CC(=O)NC(=O)c1ccco1. The number of hydrogen-bond donors (Lipinski definition) is 2. The molecule has 1 aliphatic rings. The van der Waals surface area contributed by atoms with E-state index in [1.807, 2.05) is 7.05 Å². The highest BCUT2D eigenvalue weighted by molar-refractivity contribution is 6.03. The van der Waals surface area contributed by atoms with Crippen molar-refractivity contribution in [2.45, 2.75) is 31.7 Å². The minimum absolute atomic E-state index is 0.161. The predicted octanol–water partition coefficient (Wildman–Crippen LogP) is 1.000. The fourth-order valence-electron chi connectivity index (χ4n) is 2.73. The molecule has 0 spiro atoms. The number of imide groups is 1. The Hall–Kier alpha value is -1.66. The molecule has 0 radical (unpaired) electrons. The zero-order valence-electron chi connectivity index (χ0n) is 12.4. The lowest BCUT2D eigenvalue weighted by molar-refractivity contribution is -0.122. The van der Waals surface area contributed by atoms with Gasteiger partial charge in [-0.2, -0.15) is 0 Å². The van der Waals surface area contributed by atoms with Crippen LogP contribution in [0.4, 0.5) is 0 Å². The van der Waals surface area contributed by atoms with Gasteiger partial charge in [0.05, 0.1) is 12.8 Å². The van der Waals surface area contributed by atoms with E-state index in [2.05, 4.69) is 15.5 Å². The van der Waals surface area contributed by atoms with Gasteiger partial charge in [0.15, 0.2) is 5.76 Å². The average Bonchev–Trinajstić information content (AvgIpc) is 3.00. The molecule has 1 unspecified atom stereocenters. The molecule has 2 heterocycles. The van der Waals surface area contributed by atoms with Gasteiger partial charge in [0.25, 0.3) is 5.91 Å². The summed E-state index contributed by atoms with van der Waals surface area (Å²) >= 11 is 0. The molecule has 1 aromatic heterocycles. The van der Waals surface area contributed by atoms with E-state index in [9.17, 15) is 9.59 Å². The third-order valence-corrected chi connectivity index (χ3v) is 3.82. The first-order chi connectivity index (χ1) is 10.2. The van der Waals surface area contributed by atoms with Gasteiger partial charge in [0, 0.05) is 6.04 Å². The summed E-state index contributed by atoms with van der Waals surface area (Å²) in [5, 5.41) is 5.52. The summed E-state index contributed by atoms with van der Waals surface area (Å²) in [4.78, 5) is 25.9. The van der Waals surface area contributed by atoms with E-state index in [0.29, 0.717) is 6.04 Å². The van der Waals surface area contributed by atoms with Crippen LogP contribution in [0.2, 0.25) is 0 Å². The van der Waals surface area contributed by atoms with Crippen molar-refractivity contribution in [1.82, 2.24) is 15.5 Å². The number of carbonyl (C=O) groups is 2. The fraction of sp³-hybridized carbons (Fsp3) is 0.600. The first kappa shape index (κ1) is 15.7. The number of hydrogen-bond acceptors (Lipinski definition) is 5. The van der Waals surface area contributed by atoms with E-state index in [-0.39, 0.29) is 18.2 Å². The lowest BCUT2D eigenvalue weighted by Gasteiger charge is -2.35. The first-order valence-electron chi connectivity index (χ1n) is 7.47. The van der Waals surface area contributed by atoms with Crippen molar-refractivity contribution in [2.75, 3.05) is 26.7 Å². The van der Waals surface area contributed by atoms with Gasteiger partial charge in [-0.3, -0.25) is 19.8 Å². The zero-order valence-corrected chi connectivity index (χ0v) is 12.4. The summed E-state index contributed by atoms with van der Waals surface area (Å²) < 4.78 is 4.97. The molecule has 1 aromatic rings. The van der Waals surface area contributed by atoms with Crippen LogP contribution in [0.25, 0.3) is 0 Å². The van der Waals surface area contributed by atoms with Crippen molar-refractivity contribution in [3.8, 4) is 0 Å². The molecule has 2 N–H and O–H groups in total. The molecule has 2 amide bonds. The number of rotatable bonds is 6. The number of nitrogens with zero attached hydrogens (tertiary/aromatic N) is 1. The summed E-state index contributed by atoms with van der Waals surface area (Å²) in [6.45, 7) is 2.12. The van der Waals surface area contributed by atoms with Crippen molar-refractivity contribution < 1.29 is 14.0 Å². The molecule has 6 heteroatoms. The molecule has 1 saturated heterocycles. The van der Waals surface area contributed by atoms with Crippen LogP contribution in [0.1, 0.15) is 36.2 Å². The Morgan fingerprint density at radius 1 is 1.43 bits per heavy atom. The maximum Gasteiger partial charge on any atom is 0.293 e. The van der Waals surface area contributed by atoms with Crippen LogP contribution in [0.5, 0.6) is 0 Å².